The van der Waals surface area contributed by atoms with Crippen LogP contribution in [0.15, 0.2) is 40.9 Å². The number of aromatic nitrogens is 1. The van der Waals surface area contributed by atoms with Crippen molar-refractivity contribution in [2.24, 2.45) is 0 Å². The predicted octanol–water partition coefficient (Wildman–Crippen LogP) is 3.36. The molecule has 1 aromatic heterocycles. The van der Waals surface area contributed by atoms with Crippen LogP contribution in [0, 0.1) is 13.8 Å². The van der Waals surface area contributed by atoms with Gasteiger partial charge in [-0.1, -0.05) is 29.4 Å². The lowest BCUT2D eigenvalue weighted by atomic mass is 10.0. The van der Waals surface area contributed by atoms with E-state index in [1.807, 2.05) is 64.2 Å². The lowest BCUT2D eigenvalue weighted by Gasteiger charge is -2.15. The van der Waals surface area contributed by atoms with E-state index in [0.717, 1.165) is 27.8 Å². The lowest BCUT2D eigenvalue weighted by Crippen LogP contribution is -2.37. The molecular weight excluding hydrogens is 342 g/mol. The minimum atomic E-state index is -0.156. The number of benzene rings is 2. The van der Waals surface area contributed by atoms with Crippen molar-refractivity contribution in [1.29, 1.82) is 0 Å². The van der Waals surface area contributed by atoms with Crippen LogP contribution in [0.4, 0.5) is 0 Å². The molecule has 0 radical (unpaired) electrons. The molecule has 0 aliphatic rings. The molecule has 2 N–H and O–H groups in total. The van der Waals surface area contributed by atoms with E-state index >= 15 is 0 Å². The first kappa shape index (κ1) is 18.9. The highest BCUT2D eigenvalue weighted by Crippen LogP contribution is 2.27. The van der Waals surface area contributed by atoms with Crippen LogP contribution in [-0.4, -0.2) is 30.7 Å². The van der Waals surface area contributed by atoms with Crippen LogP contribution in [0.2, 0.25) is 0 Å². The van der Waals surface area contributed by atoms with E-state index in [-0.39, 0.29) is 11.9 Å². The largest absolute Gasteiger partial charge is 0.488 e. The fourth-order valence-corrected chi connectivity index (χ4v) is 2.82. The minimum Gasteiger partial charge on any atom is -0.488 e. The van der Waals surface area contributed by atoms with E-state index in [1.54, 1.807) is 0 Å². The number of rotatable bonds is 7. The Morgan fingerprint density at radius 3 is 2.56 bits per heavy atom. The van der Waals surface area contributed by atoms with Crippen LogP contribution >= 0.6 is 0 Å². The van der Waals surface area contributed by atoms with E-state index < -0.39 is 0 Å². The Morgan fingerprint density at radius 1 is 1.22 bits per heavy atom. The average Bonchev–Trinajstić information content (AvgIpc) is 3.01. The first-order valence-corrected chi connectivity index (χ1v) is 9.02. The number of nitrogens with zero attached hydrogens (tertiary/aromatic N) is 1. The van der Waals surface area contributed by atoms with Crippen molar-refractivity contribution in [3.05, 3.63) is 59.0 Å². The summed E-state index contributed by atoms with van der Waals surface area (Å²) >= 11 is 0. The van der Waals surface area contributed by atoms with Gasteiger partial charge in [-0.05, 0) is 50.7 Å². The van der Waals surface area contributed by atoms with Gasteiger partial charge in [0.1, 0.15) is 18.1 Å². The SMILES string of the molecule is CNC(C)CNC(=O)c1cc2ccccc2cc1OCc1c(C)noc1C. The Balaban J connectivity index is 1.90. The van der Waals surface area contributed by atoms with Gasteiger partial charge in [-0.25, -0.2) is 0 Å². The number of ether oxygens (including phenoxy) is 1. The third kappa shape index (κ3) is 4.28. The van der Waals surface area contributed by atoms with Gasteiger partial charge in [0.25, 0.3) is 5.91 Å². The van der Waals surface area contributed by atoms with Gasteiger partial charge in [-0.2, -0.15) is 0 Å². The molecule has 0 aliphatic carbocycles. The highest BCUT2D eigenvalue weighted by molar-refractivity contribution is 6.01. The summed E-state index contributed by atoms with van der Waals surface area (Å²) < 4.78 is 11.2. The average molecular weight is 367 g/mol. The first-order chi connectivity index (χ1) is 13.0. The molecule has 1 amide bonds. The molecule has 27 heavy (non-hydrogen) atoms. The smallest absolute Gasteiger partial charge is 0.255 e. The Bertz CT molecular complexity index is 929. The maximum atomic E-state index is 12.8. The summed E-state index contributed by atoms with van der Waals surface area (Å²) in [6.45, 7) is 6.57. The van der Waals surface area contributed by atoms with Crippen molar-refractivity contribution in [3.8, 4) is 5.75 Å². The summed E-state index contributed by atoms with van der Waals surface area (Å²) in [7, 11) is 1.87. The van der Waals surface area contributed by atoms with Crippen molar-refractivity contribution in [1.82, 2.24) is 15.8 Å². The second-order valence-corrected chi connectivity index (χ2v) is 6.69. The number of carbonyl (C=O) groups is 1. The van der Waals surface area contributed by atoms with Crippen LogP contribution in [0.25, 0.3) is 10.8 Å². The summed E-state index contributed by atoms with van der Waals surface area (Å²) in [5.74, 6) is 1.11. The van der Waals surface area contributed by atoms with Crippen LogP contribution in [0.5, 0.6) is 5.75 Å². The zero-order valence-electron chi connectivity index (χ0n) is 16.1. The van der Waals surface area contributed by atoms with Crippen LogP contribution in [-0.2, 0) is 6.61 Å². The lowest BCUT2D eigenvalue weighted by molar-refractivity contribution is 0.0946. The number of likely N-dealkylation sites (N-methyl/N-ethyl adjacent to an activating group) is 1. The van der Waals surface area contributed by atoms with Crippen LogP contribution in [0.1, 0.15) is 34.3 Å². The monoisotopic (exact) mass is 367 g/mol. The Kier molecular flexibility index (Phi) is 5.76. The molecule has 6 nitrogen and oxygen atoms in total. The number of hydrogen-bond donors (Lipinski definition) is 2. The van der Waals surface area contributed by atoms with Crippen molar-refractivity contribution >= 4 is 16.7 Å². The third-order valence-electron chi connectivity index (χ3n) is 4.71. The molecule has 3 rings (SSSR count). The van der Waals surface area contributed by atoms with Crippen molar-refractivity contribution in [2.45, 2.75) is 33.4 Å². The predicted molar refractivity (Wildman–Crippen MR) is 105 cm³/mol. The number of amides is 1. The maximum Gasteiger partial charge on any atom is 0.255 e. The van der Waals surface area contributed by atoms with Gasteiger partial charge in [-0.15, -0.1) is 0 Å². The summed E-state index contributed by atoms with van der Waals surface area (Å²) in [4.78, 5) is 12.8. The second-order valence-electron chi connectivity index (χ2n) is 6.69. The number of carbonyl (C=O) groups excluding carboxylic acids is 1. The van der Waals surface area contributed by atoms with Crippen LogP contribution in [0.3, 0.4) is 0 Å². The van der Waals surface area contributed by atoms with Crippen molar-refractivity contribution < 1.29 is 14.1 Å². The molecule has 0 fully saturated rings. The minimum absolute atomic E-state index is 0.156. The van der Waals surface area contributed by atoms with Gasteiger partial charge in [-0.3, -0.25) is 4.79 Å². The Morgan fingerprint density at radius 2 is 1.93 bits per heavy atom. The third-order valence-corrected chi connectivity index (χ3v) is 4.71. The molecule has 0 saturated heterocycles. The van der Waals surface area contributed by atoms with Crippen molar-refractivity contribution in [3.63, 3.8) is 0 Å². The van der Waals surface area contributed by atoms with E-state index in [9.17, 15) is 4.79 Å². The van der Waals surface area contributed by atoms with Gasteiger partial charge in [0.05, 0.1) is 16.8 Å². The summed E-state index contributed by atoms with van der Waals surface area (Å²) in [6.07, 6.45) is 0. The molecule has 6 heteroatoms. The number of hydrogen-bond acceptors (Lipinski definition) is 5. The number of fused-ring (bicyclic) bond motifs is 1. The molecule has 0 aliphatic heterocycles. The number of nitrogens with one attached hydrogen (secondary N) is 2. The summed E-state index contributed by atoms with van der Waals surface area (Å²) in [6, 6.07) is 11.9. The Labute approximate surface area is 158 Å². The van der Waals surface area contributed by atoms with E-state index in [1.165, 1.54) is 0 Å². The second kappa shape index (κ2) is 8.22. The van der Waals surface area contributed by atoms with Gasteiger partial charge in [0, 0.05) is 12.6 Å². The molecule has 0 saturated carbocycles. The molecule has 0 spiro atoms. The van der Waals surface area contributed by atoms with E-state index in [0.29, 0.717) is 24.5 Å². The molecule has 0 bridgehead atoms. The standard InChI is InChI=1S/C21H25N3O3/c1-13(22-4)11-23-21(25)18-9-16-7-5-6-8-17(16)10-20(18)26-12-19-14(2)24-27-15(19)3/h5-10,13,22H,11-12H2,1-4H3,(H,23,25). The maximum absolute atomic E-state index is 12.8. The normalized spacial score (nSPS) is 12.1. The summed E-state index contributed by atoms with van der Waals surface area (Å²) in [5, 5.41) is 12.0. The molecule has 2 aromatic carbocycles. The first-order valence-electron chi connectivity index (χ1n) is 9.02. The zero-order chi connectivity index (χ0) is 19.4. The molecular formula is C21H25N3O3. The Hall–Kier alpha value is -2.86. The molecule has 1 unspecified atom stereocenters. The fourth-order valence-electron chi connectivity index (χ4n) is 2.82. The van der Waals surface area contributed by atoms with Gasteiger partial charge < -0.3 is 19.9 Å². The fraction of sp³-hybridized carbons (Fsp3) is 0.333. The molecule has 1 heterocycles. The van der Waals surface area contributed by atoms with Crippen molar-refractivity contribution in [2.75, 3.05) is 13.6 Å². The molecule has 1 atom stereocenters. The highest BCUT2D eigenvalue weighted by Gasteiger charge is 2.17. The zero-order valence-corrected chi connectivity index (χ0v) is 16.1. The van der Waals surface area contributed by atoms with Gasteiger partial charge in [0.15, 0.2) is 0 Å². The highest BCUT2D eigenvalue weighted by atomic mass is 16.5. The van der Waals surface area contributed by atoms with E-state index in [2.05, 4.69) is 15.8 Å². The van der Waals surface area contributed by atoms with Crippen LogP contribution < -0.4 is 15.4 Å². The topological polar surface area (TPSA) is 76.4 Å². The summed E-state index contributed by atoms with van der Waals surface area (Å²) in [5.41, 5.74) is 2.21. The molecule has 142 valence electrons. The quantitative estimate of drug-likeness (QED) is 0.670. The van der Waals surface area contributed by atoms with E-state index in [4.69, 9.17) is 9.26 Å². The van der Waals surface area contributed by atoms with Gasteiger partial charge >= 0.3 is 0 Å². The van der Waals surface area contributed by atoms with Gasteiger partial charge in [0.2, 0.25) is 0 Å². The molecule has 3 aromatic rings. The number of aryl methyl sites for hydroxylation is 2.